The van der Waals surface area contributed by atoms with Gasteiger partial charge in [-0.3, -0.25) is 14.4 Å². The fourth-order valence-electron chi connectivity index (χ4n) is 3.19. The Morgan fingerprint density at radius 3 is 2.61 bits per heavy atom. The zero-order chi connectivity index (χ0) is 24.6. The van der Waals surface area contributed by atoms with Crippen molar-refractivity contribution in [1.82, 2.24) is 15.6 Å². The van der Waals surface area contributed by atoms with Crippen LogP contribution in [0.1, 0.15) is 56.3 Å². The third kappa shape index (κ3) is 7.53. The number of phenolic OH excluding ortho intramolecular Hbond substituents is 2. The Balaban J connectivity index is 1.65. The van der Waals surface area contributed by atoms with Crippen molar-refractivity contribution in [1.29, 1.82) is 0 Å². The van der Waals surface area contributed by atoms with Gasteiger partial charge in [-0.15, -0.1) is 0 Å². The molecule has 182 valence electrons. The van der Waals surface area contributed by atoms with Crippen molar-refractivity contribution in [2.75, 3.05) is 13.1 Å². The Kier molecular flexibility index (Phi) is 9.35. The average molecular weight is 483 g/mol. The SMILES string of the molecule is C[C@@H]1CC(=O)N1C[C@](C)(/C=N/NC(=O)CCCCCNC(=O)c1ccc(O)c(O)c1)S(=O)O. The minimum atomic E-state index is -2.29. The number of hydrazone groups is 1. The van der Waals surface area contributed by atoms with Gasteiger partial charge in [0.05, 0.1) is 0 Å². The monoisotopic (exact) mass is 482 g/mol. The van der Waals surface area contributed by atoms with Crippen molar-refractivity contribution in [2.24, 2.45) is 5.10 Å². The first-order chi connectivity index (χ1) is 15.5. The number of likely N-dealkylation sites (tertiary alicyclic amines) is 1. The maximum absolute atomic E-state index is 12.0. The molecule has 11 nitrogen and oxygen atoms in total. The number of nitrogens with zero attached hydrogens (tertiary/aromatic N) is 2. The highest BCUT2D eigenvalue weighted by molar-refractivity contribution is 7.81. The molecular formula is C21H30N4O7S. The van der Waals surface area contributed by atoms with Gasteiger partial charge in [0.15, 0.2) is 22.6 Å². The smallest absolute Gasteiger partial charge is 0.251 e. The van der Waals surface area contributed by atoms with Crippen LogP contribution in [-0.2, 0) is 20.7 Å². The molecule has 3 amide bonds. The van der Waals surface area contributed by atoms with Crippen molar-refractivity contribution in [3.63, 3.8) is 0 Å². The fourth-order valence-corrected chi connectivity index (χ4v) is 3.58. The van der Waals surface area contributed by atoms with E-state index >= 15 is 0 Å². The second-order valence-electron chi connectivity index (χ2n) is 8.20. The molecule has 1 heterocycles. The van der Waals surface area contributed by atoms with Crippen LogP contribution in [0.15, 0.2) is 23.3 Å². The summed E-state index contributed by atoms with van der Waals surface area (Å²) in [7, 11) is 0. The maximum Gasteiger partial charge on any atom is 0.251 e. The molecule has 1 aliphatic heterocycles. The number of benzene rings is 1. The van der Waals surface area contributed by atoms with Crippen LogP contribution in [0, 0.1) is 0 Å². The molecule has 0 aromatic heterocycles. The molecule has 3 atom stereocenters. The van der Waals surface area contributed by atoms with Gasteiger partial charge < -0.3 is 25.0 Å². The summed E-state index contributed by atoms with van der Waals surface area (Å²) in [5.41, 5.74) is 2.56. The molecule has 0 radical (unpaired) electrons. The van der Waals surface area contributed by atoms with E-state index in [9.17, 15) is 33.4 Å². The molecule has 12 heteroatoms. The van der Waals surface area contributed by atoms with Crippen molar-refractivity contribution >= 4 is 35.0 Å². The van der Waals surface area contributed by atoms with Gasteiger partial charge in [0, 0.05) is 43.8 Å². The van der Waals surface area contributed by atoms with Gasteiger partial charge in [0.2, 0.25) is 11.8 Å². The normalized spacial score (nSPS) is 18.5. The zero-order valence-corrected chi connectivity index (χ0v) is 19.4. The van der Waals surface area contributed by atoms with E-state index in [1.807, 2.05) is 6.92 Å². The molecule has 1 unspecified atom stereocenters. The first-order valence-corrected chi connectivity index (χ1v) is 11.7. The third-order valence-corrected chi connectivity index (χ3v) is 6.37. The maximum atomic E-state index is 12.0. The molecule has 5 N–H and O–H groups in total. The van der Waals surface area contributed by atoms with Gasteiger partial charge in [0.25, 0.3) is 5.91 Å². The second-order valence-corrected chi connectivity index (χ2v) is 9.63. The van der Waals surface area contributed by atoms with Crippen molar-refractivity contribution < 1.29 is 33.4 Å². The van der Waals surface area contributed by atoms with E-state index < -0.39 is 15.8 Å². The van der Waals surface area contributed by atoms with Crippen molar-refractivity contribution in [3.05, 3.63) is 23.8 Å². The van der Waals surface area contributed by atoms with Gasteiger partial charge in [-0.25, -0.2) is 9.63 Å². The highest BCUT2D eigenvalue weighted by Gasteiger charge is 2.40. The summed E-state index contributed by atoms with van der Waals surface area (Å²) in [5.74, 6) is -1.49. The lowest BCUT2D eigenvalue weighted by Crippen LogP contribution is -2.57. The Bertz CT molecular complexity index is 939. The van der Waals surface area contributed by atoms with E-state index in [0.717, 1.165) is 0 Å². The molecule has 33 heavy (non-hydrogen) atoms. The first kappa shape index (κ1) is 26.3. The number of amides is 3. The summed E-state index contributed by atoms with van der Waals surface area (Å²) in [5, 5.41) is 25.2. The van der Waals surface area contributed by atoms with E-state index in [2.05, 4.69) is 15.8 Å². The van der Waals surface area contributed by atoms with E-state index in [1.54, 1.807) is 0 Å². The van der Waals surface area contributed by atoms with E-state index in [4.69, 9.17) is 0 Å². The number of hydrogen-bond acceptors (Lipinski definition) is 7. The number of carbonyl (C=O) groups is 3. The molecule has 1 aliphatic rings. The van der Waals surface area contributed by atoms with Gasteiger partial charge in [-0.2, -0.15) is 5.10 Å². The highest BCUT2D eigenvalue weighted by Crippen LogP contribution is 2.25. The Labute approximate surface area is 194 Å². The van der Waals surface area contributed by atoms with E-state index in [-0.39, 0.29) is 53.8 Å². The third-order valence-electron chi connectivity index (χ3n) is 5.34. The number of phenols is 2. The predicted molar refractivity (Wildman–Crippen MR) is 122 cm³/mol. The topological polar surface area (TPSA) is 169 Å². The molecule has 0 saturated carbocycles. The quantitative estimate of drug-likeness (QED) is 0.0742. The standard InChI is InChI=1S/C21H30N4O7S/c1-14-10-19(29)25(14)13-21(2,33(31)32)12-23-24-18(28)6-4-3-5-9-22-20(30)15-7-8-16(26)17(27)11-15/h7-8,11-12,14,26-27H,3-6,9-10,13H2,1-2H3,(H,22,30)(H,24,28)(H,31,32)/b23-12+/t14-,21+/m1/s1. The van der Waals surface area contributed by atoms with Gasteiger partial charge in [-0.05, 0) is 44.9 Å². The predicted octanol–water partition coefficient (Wildman–Crippen LogP) is 1.09. The summed E-state index contributed by atoms with van der Waals surface area (Å²) >= 11 is -2.29. The van der Waals surface area contributed by atoms with Crippen molar-refractivity contribution in [2.45, 2.75) is 56.7 Å². The summed E-state index contributed by atoms with van der Waals surface area (Å²) in [4.78, 5) is 37.1. The Morgan fingerprint density at radius 2 is 2.00 bits per heavy atom. The van der Waals surface area contributed by atoms with Crippen LogP contribution in [0.2, 0.25) is 0 Å². The van der Waals surface area contributed by atoms with Crippen LogP contribution in [0.25, 0.3) is 0 Å². The molecule has 2 rings (SSSR count). The summed E-state index contributed by atoms with van der Waals surface area (Å²) < 4.78 is 20.1. The van der Waals surface area contributed by atoms with Gasteiger partial charge >= 0.3 is 0 Å². The molecule has 0 aliphatic carbocycles. The average Bonchev–Trinajstić information content (AvgIpc) is 2.76. The lowest BCUT2D eigenvalue weighted by atomic mass is 10.0. The fraction of sp³-hybridized carbons (Fsp3) is 0.524. The molecule has 0 spiro atoms. The van der Waals surface area contributed by atoms with Gasteiger partial charge in [0.1, 0.15) is 4.75 Å². The largest absolute Gasteiger partial charge is 0.504 e. The van der Waals surface area contributed by atoms with Crippen LogP contribution in [0.4, 0.5) is 0 Å². The lowest BCUT2D eigenvalue weighted by molar-refractivity contribution is -0.145. The highest BCUT2D eigenvalue weighted by atomic mass is 32.2. The number of hydrogen-bond donors (Lipinski definition) is 5. The minimum Gasteiger partial charge on any atom is -0.504 e. The Hall–Kier alpha value is -2.99. The van der Waals surface area contributed by atoms with Crippen LogP contribution in [0.5, 0.6) is 11.5 Å². The van der Waals surface area contributed by atoms with E-state index in [1.165, 1.54) is 36.2 Å². The molecule has 1 aromatic carbocycles. The van der Waals surface area contributed by atoms with Crippen LogP contribution >= 0.6 is 0 Å². The van der Waals surface area contributed by atoms with Crippen molar-refractivity contribution in [3.8, 4) is 11.5 Å². The number of aromatic hydroxyl groups is 2. The first-order valence-electron chi connectivity index (χ1n) is 10.6. The number of carbonyl (C=O) groups excluding carboxylic acids is 3. The lowest BCUT2D eigenvalue weighted by Gasteiger charge is -2.41. The van der Waals surface area contributed by atoms with Gasteiger partial charge in [-0.1, -0.05) is 6.42 Å². The number of nitrogens with one attached hydrogen (secondary N) is 2. The van der Waals surface area contributed by atoms with Crippen LogP contribution in [-0.4, -0.2) is 71.7 Å². The number of β-lactam (4-membered cyclic amide) rings is 1. The number of unbranched alkanes of at least 4 members (excludes halogenated alkanes) is 2. The van der Waals surface area contributed by atoms with E-state index in [0.29, 0.717) is 32.2 Å². The minimum absolute atomic E-state index is 0.00129. The molecule has 1 saturated heterocycles. The second kappa shape index (κ2) is 11.8. The van der Waals surface area contributed by atoms with Crippen LogP contribution < -0.4 is 10.7 Å². The molecule has 1 fully saturated rings. The van der Waals surface area contributed by atoms with Crippen LogP contribution in [0.3, 0.4) is 0 Å². The summed E-state index contributed by atoms with van der Waals surface area (Å²) in [6.45, 7) is 3.76. The molecular weight excluding hydrogens is 452 g/mol. The molecule has 0 bridgehead atoms. The Morgan fingerprint density at radius 1 is 1.27 bits per heavy atom. The molecule has 1 aromatic rings. The summed E-state index contributed by atoms with van der Waals surface area (Å²) in [6.07, 6.45) is 3.65. The number of rotatable bonds is 12. The summed E-state index contributed by atoms with van der Waals surface area (Å²) in [6, 6.07) is 3.81. The zero-order valence-electron chi connectivity index (χ0n) is 18.6.